The van der Waals surface area contributed by atoms with E-state index in [4.69, 9.17) is 10.5 Å². The van der Waals surface area contributed by atoms with Crippen LogP contribution < -0.4 is 0 Å². The molecule has 0 heterocycles. The number of hydrogen-bond acceptors (Lipinski definition) is 2. The first-order chi connectivity index (χ1) is 6.27. The normalized spacial score (nSPS) is 7.46. The standard InChI is InChI=1S/C9H6N2.C2H6/c1-7-2-3-8(5-10)9(4-7)6-11;1-2/h2-4H,1H3;1-2H3. The van der Waals surface area contributed by atoms with Crippen LogP contribution in [0.1, 0.15) is 30.5 Å². The molecule has 13 heavy (non-hydrogen) atoms. The quantitative estimate of drug-likeness (QED) is 0.604. The summed E-state index contributed by atoms with van der Waals surface area (Å²) in [6, 6.07) is 9.10. The Morgan fingerprint density at radius 1 is 1.00 bits per heavy atom. The van der Waals surface area contributed by atoms with Crippen molar-refractivity contribution in [2.45, 2.75) is 20.8 Å². The molecule has 1 aromatic rings. The van der Waals surface area contributed by atoms with Crippen LogP contribution in [-0.2, 0) is 0 Å². The molecule has 0 aliphatic heterocycles. The van der Waals surface area contributed by atoms with Crippen molar-refractivity contribution >= 4 is 0 Å². The highest BCUT2D eigenvalue weighted by Crippen LogP contribution is 2.08. The van der Waals surface area contributed by atoms with Crippen molar-refractivity contribution in [3.63, 3.8) is 0 Å². The maximum atomic E-state index is 8.57. The Morgan fingerprint density at radius 3 is 2.00 bits per heavy atom. The van der Waals surface area contributed by atoms with Crippen molar-refractivity contribution in [2.75, 3.05) is 0 Å². The molecule has 0 radical (unpaired) electrons. The van der Waals surface area contributed by atoms with Crippen molar-refractivity contribution in [1.82, 2.24) is 0 Å². The van der Waals surface area contributed by atoms with Gasteiger partial charge in [-0.15, -0.1) is 0 Å². The van der Waals surface area contributed by atoms with E-state index in [2.05, 4.69) is 0 Å². The van der Waals surface area contributed by atoms with Crippen LogP contribution in [0.5, 0.6) is 0 Å². The van der Waals surface area contributed by atoms with Crippen molar-refractivity contribution in [3.05, 3.63) is 34.9 Å². The summed E-state index contributed by atoms with van der Waals surface area (Å²) in [5, 5.41) is 17.1. The molecule has 0 N–H and O–H groups in total. The molecule has 2 nitrogen and oxygen atoms in total. The Balaban J connectivity index is 0.000000671. The predicted molar refractivity (Wildman–Crippen MR) is 52.0 cm³/mol. The summed E-state index contributed by atoms with van der Waals surface area (Å²) in [4.78, 5) is 0. The van der Waals surface area contributed by atoms with Gasteiger partial charge in [-0.1, -0.05) is 19.9 Å². The molecule has 0 spiro atoms. The molecule has 2 heteroatoms. The second kappa shape index (κ2) is 5.80. The van der Waals surface area contributed by atoms with Crippen LogP contribution in [0, 0.1) is 29.6 Å². The number of nitriles is 2. The fourth-order valence-electron chi connectivity index (χ4n) is 0.848. The average Bonchev–Trinajstić information content (AvgIpc) is 2.20. The zero-order chi connectivity index (χ0) is 10.3. The highest BCUT2D eigenvalue weighted by molar-refractivity contribution is 5.46. The molecule has 1 aromatic carbocycles. The van der Waals surface area contributed by atoms with E-state index in [-0.39, 0.29) is 0 Å². The Labute approximate surface area is 79.0 Å². The van der Waals surface area contributed by atoms with Crippen molar-refractivity contribution in [2.24, 2.45) is 0 Å². The second-order valence-corrected chi connectivity index (χ2v) is 2.27. The van der Waals surface area contributed by atoms with Crippen molar-refractivity contribution < 1.29 is 0 Å². The van der Waals surface area contributed by atoms with Gasteiger partial charge in [-0.25, -0.2) is 0 Å². The molecule has 0 amide bonds. The van der Waals surface area contributed by atoms with E-state index in [1.54, 1.807) is 12.1 Å². The van der Waals surface area contributed by atoms with E-state index < -0.39 is 0 Å². The van der Waals surface area contributed by atoms with E-state index in [1.807, 2.05) is 39.0 Å². The van der Waals surface area contributed by atoms with Gasteiger partial charge in [-0.05, 0) is 24.6 Å². The Bertz CT molecular complexity index is 353. The summed E-state index contributed by atoms with van der Waals surface area (Å²) in [5.41, 5.74) is 1.89. The SMILES string of the molecule is CC.Cc1ccc(C#N)c(C#N)c1. The molecule has 0 aromatic heterocycles. The minimum absolute atomic E-state index is 0.443. The third kappa shape index (κ3) is 2.97. The first kappa shape index (κ1) is 11.2. The highest BCUT2D eigenvalue weighted by Gasteiger charge is 1.98. The van der Waals surface area contributed by atoms with Crippen LogP contribution in [0.15, 0.2) is 18.2 Å². The number of aryl methyl sites for hydroxylation is 1. The molecule has 1 rings (SSSR count). The topological polar surface area (TPSA) is 47.6 Å². The molecule has 0 saturated heterocycles. The van der Waals surface area contributed by atoms with Gasteiger partial charge in [-0.2, -0.15) is 10.5 Å². The molecular formula is C11H12N2. The minimum atomic E-state index is 0.443. The summed E-state index contributed by atoms with van der Waals surface area (Å²) in [5.74, 6) is 0. The van der Waals surface area contributed by atoms with E-state index in [0.717, 1.165) is 5.56 Å². The van der Waals surface area contributed by atoms with Gasteiger partial charge in [0.15, 0.2) is 0 Å². The predicted octanol–water partition coefficient (Wildman–Crippen LogP) is 2.76. The molecule has 0 bridgehead atoms. The van der Waals surface area contributed by atoms with Gasteiger partial charge in [0, 0.05) is 0 Å². The summed E-state index contributed by atoms with van der Waals surface area (Å²) in [7, 11) is 0. The van der Waals surface area contributed by atoms with Crippen LogP contribution in [0.3, 0.4) is 0 Å². The number of benzene rings is 1. The lowest BCUT2D eigenvalue weighted by Gasteiger charge is -1.94. The summed E-state index contributed by atoms with van der Waals surface area (Å²) in [6.45, 7) is 5.89. The third-order valence-corrected chi connectivity index (χ3v) is 1.42. The van der Waals surface area contributed by atoms with Crippen molar-refractivity contribution in [1.29, 1.82) is 10.5 Å². The molecule has 0 aliphatic carbocycles. The first-order valence-electron chi connectivity index (χ1n) is 4.19. The molecule has 0 fully saturated rings. The van der Waals surface area contributed by atoms with Crippen LogP contribution >= 0.6 is 0 Å². The number of nitrogens with zero attached hydrogens (tertiary/aromatic N) is 2. The first-order valence-corrected chi connectivity index (χ1v) is 4.19. The summed E-state index contributed by atoms with van der Waals surface area (Å²) >= 11 is 0. The van der Waals surface area contributed by atoms with Crippen LogP contribution in [-0.4, -0.2) is 0 Å². The lowest BCUT2D eigenvalue weighted by molar-refractivity contribution is 1.38. The summed E-state index contributed by atoms with van der Waals surface area (Å²) < 4.78 is 0. The van der Waals surface area contributed by atoms with Crippen molar-refractivity contribution in [3.8, 4) is 12.1 Å². The largest absolute Gasteiger partial charge is 0.192 e. The molecule has 66 valence electrons. The van der Waals surface area contributed by atoms with Gasteiger partial charge in [0.1, 0.15) is 12.1 Å². The molecule has 0 unspecified atom stereocenters. The smallest absolute Gasteiger partial charge is 0.101 e. The highest BCUT2D eigenvalue weighted by atomic mass is 14.3. The van der Waals surface area contributed by atoms with Gasteiger partial charge < -0.3 is 0 Å². The fourth-order valence-corrected chi connectivity index (χ4v) is 0.848. The van der Waals surface area contributed by atoms with E-state index in [0.29, 0.717) is 11.1 Å². The summed E-state index contributed by atoms with van der Waals surface area (Å²) in [6.07, 6.45) is 0. The second-order valence-electron chi connectivity index (χ2n) is 2.27. The van der Waals surface area contributed by atoms with Crippen LogP contribution in [0.25, 0.3) is 0 Å². The molecule has 0 saturated carbocycles. The van der Waals surface area contributed by atoms with Gasteiger partial charge in [-0.3, -0.25) is 0 Å². The van der Waals surface area contributed by atoms with Gasteiger partial charge in [0.2, 0.25) is 0 Å². The van der Waals surface area contributed by atoms with E-state index in [9.17, 15) is 0 Å². The zero-order valence-electron chi connectivity index (χ0n) is 8.13. The van der Waals surface area contributed by atoms with Gasteiger partial charge in [0.05, 0.1) is 11.1 Å². The lowest BCUT2D eigenvalue weighted by atomic mass is 10.1. The minimum Gasteiger partial charge on any atom is -0.192 e. The monoisotopic (exact) mass is 172 g/mol. The fraction of sp³-hybridized carbons (Fsp3) is 0.273. The van der Waals surface area contributed by atoms with Gasteiger partial charge >= 0.3 is 0 Å². The maximum Gasteiger partial charge on any atom is 0.101 e. The van der Waals surface area contributed by atoms with Crippen LogP contribution in [0.2, 0.25) is 0 Å². The molecule has 0 aliphatic rings. The number of hydrogen-bond donors (Lipinski definition) is 0. The zero-order valence-corrected chi connectivity index (χ0v) is 8.13. The van der Waals surface area contributed by atoms with E-state index in [1.165, 1.54) is 0 Å². The Kier molecular flexibility index (Phi) is 5.00. The third-order valence-electron chi connectivity index (χ3n) is 1.42. The van der Waals surface area contributed by atoms with Gasteiger partial charge in [0.25, 0.3) is 0 Å². The molecular weight excluding hydrogens is 160 g/mol. The Hall–Kier alpha value is -1.80. The maximum absolute atomic E-state index is 8.57. The molecule has 0 atom stereocenters. The number of rotatable bonds is 0. The van der Waals surface area contributed by atoms with E-state index >= 15 is 0 Å². The Morgan fingerprint density at radius 2 is 1.54 bits per heavy atom. The lowest BCUT2D eigenvalue weighted by Crippen LogP contribution is -1.83. The average molecular weight is 172 g/mol. The van der Waals surface area contributed by atoms with Crippen LogP contribution in [0.4, 0.5) is 0 Å².